The summed E-state index contributed by atoms with van der Waals surface area (Å²) in [5.74, 6) is -3.79. The molecule has 0 atom stereocenters. The van der Waals surface area contributed by atoms with Crippen molar-refractivity contribution >= 4 is 11.8 Å². The Balaban J connectivity index is 1.77. The molecular weight excluding hydrogens is 357 g/mol. The molecule has 1 aromatic heterocycles. The minimum absolute atomic E-state index is 0.0460. The second-order valence-corrected chi connectivity index (χ2v) is 5.92. The lowest BCUT2D eigenvalue weighted by Gasteiger charge is -2.26. The number of piperazine rings is 1. The molecule has 142 valence electrons. The average molecular weight is 375 g/mol. The molecule has 9 nitrogen and oxygen atoms in total. The summed E-state index contributed by atoms with van der Waals surface area (Å²) < 4.78 is 12.9. The van der Waals surface area contributed by atoms with E-state index in [4.69, 9.17) is 0 Å². The van der Waals surface area contributed by atoms with E-state index in [0.717, 1.165) is 0 Å². The number of nitrogens with zero attached hydrogens (tertiary/aromatic N) is 3. The van der Waals surface area contributed by atoms with E-state index in [1.54, 1.807) is 0 Å². The fourth-order valence-electron chi connectivity index (χ4n) is 2.57. The van der Waals surface area contributed by atoms with Gasteiger partial charge in [0.2, 0.25) is 11.6 Å². The number of hydrogen-bond donors (Lipinski definition) is 4. The Hall–Kier alpha value is -3.27. The van der Waals surface area contributed by atoms with Gasteiger partial charge in [-0.15, -0.1) is 0 Å². The molecule has 0 spiro atoms. The molecule has 1 aliphatic heterocycles. The molecule has 4 N–H and O–H groups in total. The molecule has 2 amide bonds. The van der Waals surface area contributed by atoms with Crippen LogP contribution in [0.2, 0.25) is 0 Å². The molecule has 0 aliphatic carbocycles. The fraction of sp³-hybridized carbons (Fsp3) is 0.294. The predicted octanol–water partition coefficient (Wildman–Crippen LogP) is 0.00230. The van der Waals surface area contributed by atoms with E-state index in [1.807, 2.05) is 0 Å². The number of hydrogen-bond acceptors (Lipinski definition) is 7. The number of carbonyl (C=O) groups excluding carboxylic acids is 2. The van der Waals surface area contributed by atoms with Gasteiger partial charge in [-0.1, -0.05) is 12.1 Å². The van der Waals surface area contributed by atoms with Crippen LogP contribution in [0.5, 0.6) is 11.6 Å². The van der Waals surface area contributed by atoms with Crippen molar-refractivity contribution in [3.05, 3.63) is 47.2 Å². The maximum atomic E-state index is 12.9. The molecule has 1 aliphatic rings. The SMILES string of the molecule is O=C(NCc1ccc(F)cc1)c1nc(C(=O)N2CCNCC2)nc(O)c1O. The number of aromatic hydroxyl groups is 2. The van der Waals surface area contributed by atoms with Crippen LogP contribution in [0.25, 0.3) is 0 Å². The third-order valence-corrected chi connectivity index (χ3v) is 4.04. The van der Waals surface area contributed by atoms with Crippen LogP contribution in [0, 0.1) is 5.82 Å². The Morgan fingerprint density at radius 1 is 1.15 bits per heavy atom. The smallest absolute Gasteiger partial charge is 0.291 e. The summed E-state index contributed by atoms with van der Waals surface area (Å²) in [7, 11) is 0. The topological polar surface area (TPSA) is 128 Å². The zero-order valence-corrected chi connectivity index (χ0v) is 14.3. The molecule has 27 heavy (non-hydrogen) atoms. The molecular formula is C17H18FN5O4. The van der Waals surface area contributed by atoms with E-state index in [-0.39, 0.29) is 12.4 Å². The van der Waals surface area contributed by atoms with Crippen molar-refractivity contribution in [2.24, 2.45) is 0 Å². The molecule has 10 heteroatoms. The summed E-state index contributed by atoms with van der Waals surface area (Å²) in [6.07, 6.45) is 0. The van der Waals surface area contributed by atoms with Crippen LogP contribution >= 0.6 is 0 Å². The highest BCUT2D eigenvalue weighted by atomic mass is 19.1. The van der Waals surface area contributed by atoms with E-state index in [1.165, 1.54) is 29.2 Å². The minimum Gasteiger partial charge on any atom is -0.501 e. The summed E-state index contributed by atoms with van der Waals surface area (Å²) >= 11 is 0. The Kier molecular flexibility index (Phi) is 5.46. The number of benzene rings is 1. The Labute approximate surface area is 153 Å². The van der Waals surface area contributed by atoms with Crippen LogP contribution in [0.15, 0.2) is 24.3 Å². The van der Waals surface area contributed by atoms with E-state index in [0.29, 0.717) is 31.7 Å². The summed E-state index contributed by atoms with van der Waals surface area (Å²) in [4.78, 5) is 33.7. The molecule has 0 saturated carbocycles. The second-order valence-electron chi connectivity index (χ2n) is 5.92. The van der Waals surface area contributed by atoms with Gasteiger partial charge in [0.15, 0.2) is 5.69 Å². The van der Waals surface area contributed by atoms with Crippen molar-refractivity contribution in [2.75, 3.05) is 26.2 Å². The quantitative estimate of drug-likeness (QED) is 0.592. The van der Waals surface area contributed by atoms with Gasteiger partial charge < -0.3 is 25.7 Å². The average Bonchev–Trinajstić information content (AvgIpc) is 2.69. The Bertz CT molecular complexity index is 853. The second kappa shape index (κ2) is 7.96. The number of carbonyl (C=O) groups is 2. The minimum atomic E-state index is -0.851. The van der Waals surface area contributed by atoms with Crippen LogP contribution in [0.1, 0.15) is 26.7 Å². The van der Waals surface area contributed by atoms with Crippen LogP contribution in [0.3, 0.4) is 0 Å². The van der Waals surface area contributed by atoms with Gasteiger partial charge in [0, 0.05) is 32.7 Å². The summed E-state index contributed by atoms with van der Waals surface area (Å²) in [5.41, 5.74) is 0.114. The summed E-state index contributed by atoms with van der Waals surface area (Å²) in [6.45, 7) is 2.15. The summed E-state index contributed by atoms with van der Waals surface area (Å²) in [5, 5.41) is 25.3. The zero-order chi connectivity index (χ0) is 19.4. The van der Waals surface area contributed by atoms with Crippen LogP contribution in [-0.2, 0) is 6.54 Å². The first-order valence-corrected chi connectivity index (χ1v) is 8.28. The van der Waals surface area contributed by atoms with Crippen LogP contribution in [-0.4, -0.2) is 63.1 Å². The van der Waals surface area contributed by atoms with Crippen molar-refractivity contribution < 1.29 is 24.2 Å². The van der Waals surface area contributed by atoms with Gasteiger partial charge in [-0.05, 0) is 17.7 Å². The van der Waals surface area contributed by atoms with Gasteiger partial charge in [0.05, 0.1) is 0 Å². The van der Waals surface area contributed by atoms with E-state index < -0.39 is 35.0 Å². The number of amides is 2. The molecule has 1 saturated heterocycles. The largest absolute Gasteiger partial charge is 0.501 e. The first kappa shape index (κ1) is 18.5. The van der Waals surface area contributed by atoms with Crippen molar-refractivity contribution in [3.63, 3.8) is 0 Å². The van der Waals surface area contributed by atoms with Gasteiger partial charge in [-0.2, -0.15) is 4.98 Å². The van der Waals surface area contributed by atoms with Gasteiger partial charge in [-0.3, -0.25) is 9.59 Å². The standard InChI is InChI=1S/C17H18FN5O4/c18-11-3-1-10(2-4-11)9-20-15(25)12-13(24)16(26)22-14(21-12)17(27)23-7-5-19-6-8-23/h1-4,19,24H,5-9H2,(H,20,25)(H,21,22,26). The first-order chi connectivity index (χ1) is 13.0. The van der Waals surface area contributed by atoms with E-state index in [2.05, 4.69) is 20.6 Å². The molecule has 2 heterocycles. The van der Waals surface area contributed by atoms with Gasteiger partial charge in [0.1, 0.15) is 5.82 Å². The lowest BCUT2D eigenvalue weighted by atomic mass is 10.2. The lowest BCUT2D eigenvalue weighted by Crippen LogP contribution is -2.47. The number of halogens is 1. The predicted molar refractivity (Wildman–Crippen MR) is 91.7 cm³/mol. The molecule has 2 aromatic rings. The zero-order valence-electron chi connectivity index (χ0n) is 14.3. The van der Waals surface area contributed by atoms with Crippen LogP contribution in [0.4, 0.5) is 4.39 Å². The van der Waals surface area contributed by atoms with Crippen molar-refractivity contribution in [3.8, 4) is 11.6 Å². The molecule has 0 unspecified atom stereocenters. The maximum Gasteiger partial charge on any atom is 0.291 e. The number of aromatic nitrogens is 2. The normalized spacial score (nSPS) is 14.0. The lowest BCUT2D eigenvalue weighted by molar-refractivity contribution is 0.0721. The highest BCUT2D eigenvalue weighted by Crippen LogP contribution is 2.25. The monoisotopic (exact) mass is 375 g/mol. The van der Waals surface area contributed by atoms with Gasteiger partial charge in [-0.25, -0.2) is 9.37 Å². The Morgan fingerprint density at radius 3 is 2.48 bits per heavy atom. The molecule has 0 bridgehead atoms. The van der Waals surface area contributed by atoms with Crippen LogP contribution < -0.4 is 10.6 Å². The fourth-order valence-corrected chi connectivity index (χ4v) is 2.57. The first-order valence-electron chi connectivity index (χ1n) is 8.28. The third-order valence-electron chi connectivity index (χ3n) is 4.04. The van der Waals surface area contributed by atoms with E-state index >= 15 is 0 Å². The molecule has 3 rings (SSSR count). The highest BCUT2D eigenvalue weighted by Gasteiger charge is 2.26. The number of rotatable bonds is 4. The van der Waals surface area contributed by atoms with Crippen molar-refractivity contribution in [2.45, 2.75) is 6.54 Å². The third kappa shape index (κ3) is 4.29. The van der Waals surface area contributed by atoms with Gasteiger partial charge in [0.25, 0.3) is 17.7 Å². The molecule has 1 aromatic carbocycles. The van der Waals surface area contributed by atoms with Crippen molar-refractivity contribution in [1.29, 1.82) is 0 Å². The maximum absolute atomic E-state index is 12.9. The van der Waals surface area contributed by atoms with E-state index in [9.17, 15) is 24.2 Å². The summed E-state index contributed by atoms with van der Waals surface area (Å²) in [6, 6.07) is 5.48. The van der Waals surface area contributed by atoms with Gasteiger partial charge >= 0.3 is 0 Å². The molecule has 1 fully saturated rings. The Morgan fingerprint density at radius 2 is 1.81 bits per heavy atom. The highest BCUT2D eigenvalue weighted by molar-refractivity contribution is 5.97. The number of nitrogens with one attached hydrogen (secondary N) is 2. The van der Waals surface area contributed by atoms with Crippen molar-refractivity contribution in [1.82, 2.24) is 25.5 Å². The molecule has 0 radical (unpaired) electrons.